The van der Waals surface area contributed by atoms with Crippen LogP contribution in [0.2, 0.25) is 5.02 Å². The van der Waals surface area contributed by atoms with Crippen LogP contribution in [0.4, 0.5) is 9.93 Å². The van der Waals surface area contributed by atoms with Crippen LogP contribution in [0, 0.1) is 0 Å². The maximum absolute atomic E-state index is 12.7. The molecule has 11 heteroatoms. The summed E-state index contributed by atoms with van der Waals surface area (Å²) >= 11 is 7.06. The molecule has 0 bridgehead atoms. The topological polar surface area (TPSA) is 131 Å². The van der Waals surface area contributed by atoms with E-state index in [4.69, 9.17) is 17.3 Å². The van der Waals surface area contributed by atoms with Crippen molar-refractivity contribution in [2.75, 3.05) is 5.32 Å². The number of nitrogens with two attached hydrogens (primary N) is 1. The number of hydrogen-bond acceptors (Lipinski definition) is 7. The van der Waals surface area contributed by atoms with E-state index in [1.165, 1.54) is 12.1 Å². The zero-order chi connectivity index (χ0) is 21.5. The summed E-state index contributed by atoms with van der Waals surface area (Å²) in [7, 11) is -3.45. The number of amides is 3. The summed E-state index contributed by atoms with van der Waals surface area (Å²) in [5.74, 6) is -0.647. The van der Waals surface area contributed by atoms with E-state index in [2.05, 4.69) is 15.6 Å². The summed E-state index contributed by atoms with van der Waals surface area (Å²) in [6, 6.07) is 10.2. The Labute approximate surface area is 181 Å². The van der Waals surface area contributed by atoms with E-state index in [1.54, 1.807) is 30.3 Å². The molecule has 8 nitrogen and oxygen atoms in total. The summed E-state index contributed by atoms with van der Waals surface area (Å²) < 4.78 is 25.9. The van der Waals surface area contributed by atoms with Gasteiger partial charge in [-0.05, 0) is 43.2 Å². The number of nitrogens with zero attached hydrogens (tertiary/aromatic N) is 1. The van der Waals surface area contributed by atoms with Gasteiger partial charge in [0.2, 0.25) is 0 Å². The fourth-order valence-corrected chi connectivity index (χ4v) is 6.25. The number of rotatable bonds is 4. The maximum atomic E-state index is 12.7. The molecule has 3 aromatic rings. The summed E-state index contributed by atoms with van der Waals surface area (Å²) in [5.41, 5.74) is 6.42. The predicted octanol–water partition coefficient (Wildman–Crippen LogP) is 3.18. The molecule has 4 N–H and O–H groups in total. The molecular formula is C19H17ClN4O4S2. The third-order valence-corrected chi connectivity index (χ3v) is 8.26. The van der Waals surface area contributed by atoms with E-state index < -0.39 is 27.0 Å². The molecule has 1 aromatic heterocycles. The number of fused-ring (bicyclic) bond motifs is 1. The molecule has 0 saturated heterocycles. The summed E-state index contributed by atoms with van der Waals surface area (Å²) in [5, 5.41) is 4.67. The monoisotopic (exact) mass is 464 g/mol. The van der Waals surface area contributed by atoms with Crippen LogP contribution < -0.4 is 16.4 Å². The summed E-state index contributed by atoms with van der Waals surface area (Å²) in [4.78, 5) is 28.8. The molecule has 4 rings (SSSR count). The number of carbonyl (C=O) groups is 2. The molecular weight excluding hydrogens is 448 g/mol. The Morgan fingerprint density at radius 3 is 2.60 bits per heavy atom. The van der Waals surface area contributed by atoms with Crippen LogP contribution in [0.3, 0.4) is 0 Å². The molecule has 0 unspecified atom stereocenters. The third kappa shape index (κ3) is 4.04. The Kier molecular flexibility index (Phi) is 5.49. The molecule has 0 radical (unpaired) electrons. The molecule has 0 aliphatic heterocycles. The van der Waals surface area contributed by atoms with Crippen molar-refractivity contribution in [3.63, 3.8) is 0 Å². The number of sulfone groups is 1. The van der Waals surface area contributed by atoms with E-state index in [-0.39, 0.29) is 26.7 Å². The van der Waals surface area contributed by atoms with Gasteiger partial charge in [0.1, 0.15) is 0 Å². The Morgan fingerprint density at radius 1 is 1.17 bits per heavy atom. The van der Waals surface area contributed by atoms with Gasteiger partial charge in [0.25, 0.3) is 5.91 Å². The quantitative estimate of drug-likeness (QED) is 0.543. The van der Waals surface area contributed by atoms with Crippen LogP contribution in [0.5, 0.6) is 0 Å². The molecule has 3 amide bonds. The Bertz CT molecular complexity index is 1250. The number of carbonyl (C=O) groups excluding carboxylic acids is 2. The number of nitrogens with one attached hydrogen (secondary N) is 2. The van der Waals surface area contributed by atoms with E-state index >= 15 is 0 Å². The van der Waals surface area contributed by atoms with E-state index in [0.29, 0.717) is 23.1 Å². The first-order valence-corrected chi connectivity index (χ1v) is 11.7. The number of urea groups is 1. The minimum absolute atomic E-state index is 0.0697. The van der Waals surface area contributed by atoms with Gasteiger partial charge in [0, 0.05) is 6.04 Å². The third-order valence-electron chi connectivity index (χ3n) is 4.82. The molecule has 0 spiro atoms. The van der Waals surface area contributed by atoms with Crippen LogP contribution >= 0.6 is 22.9 Å². The summed E-state index contributed by atoms with van der Waals surface area (Å²) in [6.45, 7) is 0. The Hall–Kier alpha value is -2.53. The summed E-state index contributed by atoms with van der Waals surface area (Å²) in [6.07, 6.45) is 0.908. The predicted molar refractivity (Wildman–Crippen MR) is 116 cm³/mol. The van der Waals surface area contributed by atoms with Crippen LogP contribution in [0.15, 0.2) is 47.4 Å². The Morgan fingerprint density at radius 2 is 1.90 bits per heavy atom. The maximum Gasteiger partial charge on any atom is 0.327 e. The van der Waals surface area contributed by atoms with Crippen molar-refractivity contribution in [3.05, 3.63) is 53.1 Å². The zero-order valence-corrected chi connectivity index (χ0v) is 17.9. The van der Waals surface area contributed by atoms with Crippen LogP contribution in [0.25, 0.3) is 10.2 Å². The highest BCUT2D eigenvalue weighted by atomic mass is 35.5. The fraction of sp³-hybridized carbons (Fsp3) is 0.211. The smallest absolute Gasteiger partial charge is 0.327 e. The SMILES string of the molecule is NC1CC(S(=O)(=O)c2ccc3nc(NC(=O)NC(=O)c4ccccc4Cl)sc3c2)C1. The van der Waals surface area contributed by atoms with Gasteiger partial charge in [-0.15, -0.1) is 0 Å². The second-order valence-corrected chi connectivity index (χ2v) is 10.6. The lowest BCUT2D eigenvalue weighted by Gasteiger charge is -2.31. The van der Waals surface area contributed by atoms with Crippen molar-refractivity contribution in [2.24, 2.45) is 5.73 Å². The van der Waals surface area contributed by atoms with Gasteiger partial charge in [0.15, 0.2) is 15.0 Å². The van der Waals surface area contributed by atoms with Crippen molar-refractivity contribution >= 4 is 60.1 Å². The molecule has 1 aliphatic rings. The van der Waals surface area contributed by atoms with Crippen molar-refractivity contribution in [1.29, 1.82) is 0 Å². The number of benzene rings is 2. The molecule has 1 fully saturated rings. The van der Waals surface area contributed by atoms with Gasteiger partial charge >= 0.3 is 6.03 Å². The highest BCUT2D eigenvalue weighted by molar-refractivity contribution is 7.92. The second kappa shape index (κ2) is 7.95. The van der Waals surface area contributed by atoms with Crippen LogP contribution in [-0.4, -0.2) is 36.6 Å². The van der Waals surface area contributed by atoms with Gasteiger partial charge in [-0.25, -0.2) is 18.2 Å². The number of halogens is 1. The number of anilines is 1. The Balaban J connectivity index is 1.48. The fourth-order valence-electron chi connectivity index (χ4n) is 3.13. The van der Waals surface area contributed by atoms with Crippen molar-refractivity contribution in [1.82, 2.24) is 10.3 Å². The lowest BCUT2D eigenvalue weighted by molar-refractivity contribution is 0.0967. The van der Waals surface area contributed by atoms with Gasteiger partial charge < -0.3 is 5.73 Å². The molecule has 156 valence electrons. The molecule has 1 saturated carbocycles. The first kappa shape index (κ1) is 20.7. The van der Waals surface area contributed by atoms with Gasteiger partial charge in [-0.1, -0.05) is 35.1 Å². The number of aromatic nitrogens is 1. The van der Waals surface area contributed by atoms with Crippen molar-refractivity contribution < 1.29 is 18.0 Å². The molecule has 0 atom stereocenters. The minimum atomic E-state index is -3.45. The van der Waals surface area contributed by atoms with Gasteiger partial charge in [-0.2, -0.15) is 0 Å². The lowest BCUT2D eigenvalue weighted by Crippen LogP contribution is -2.44. The lowest BCUT2D eigenvalue weighted by atomic mass is 9.93. The van der Waals surface area contributed by atoms with Crippen molar-refractivity contribution in [3.8, 4) is 0 Å². The number of hydrogen-bond donors (Lipinski definition) is 3. The van der Waals surface area contributed by atoms with Crippen LogP contribution in [0.1, 0.15) is 23.2 Å². The first-order valence-electron chi connectivity index (χ1n) is 9.01. The van der Waals surface area contributed by atoms with E-state index in [1.807, 2.05) is 0 Å². The number of thiazole rings is 1. The standard InChI is InChI=1S/C19H17ClN4O4S2/c20-14-4-2-1-3-13(14)17(25)23-18(26)24-19-22-15-6-5-11(9-16(15)29-19)30(27,28)12-7-10(21)8-12/h1-6,9-10,12H,7-8,21H2,(H2,22,23,24,25,26). The highest BCUT2D eigenvalue weighted by Crippen LogP contribution is 2.34. The molecule has 2 aromatic carbocycles. The average Bonchev–Trinajstić information content (AvgIpc) is 3.06. The highest BCUT2D eigenvalue weighted by Gasteiger charge is 2.37. The first-order chi connectivity index (χ1) is 14.2. The van der Waals surface area contributed by atoms with Crippen molar-refractivity contribution in [2.45, 2.75) is 29.0 Å². The molecule has 1 aliphatic carbocycles. The second-order valence-electron chi connectivity index (χ2n) is 6.94. The molecule has 1 heterocycles. The average molecular weight is 465 g/mol. The normalized spacial score (nSPS) is 18.6. The van der Waals surface area contributed by atoms with Gasteiger partial charge in [-0.3, -0.25) is 15.4 Å². The molecule has 30 heavy (non-hydrogen) atoms. The van der Waals surface area contributed by atoms with E-state index in [9.17, 15) is 18.0 Å². The largest absolute Gasteiger partial charge is 0.328 e. The number of imide groups is 1. The zero-order valence-electron chi connectivity index (χ0n) is 15.5. The van der Waals surface area contributed by atoms with Gasteiger partial charge in [0.05, 0.1) is 30.9 Å². The van der Waals surface area contributed by atoms with Crippen LogP contribution in [-0.2, 0) is 9.84 Å². The van der Waals surface area contributed by atoms with E-state index in [0.717, 1.165) is 11.3 Å². The minimum Gasteiger partial charge on any atom is -0.328 e.